The molecular formula is C25H23NO3. The SMILES string of the molecule is C=Cc1cccc(-c2ccccc2Oc2ccc3c(c2)C(C(=O)O)C(N)CC3)c1. The summed E-state index contributed by atoms with van der Waals surface area (Å²) in [5, 5.41) is 9.65. The largest absolute Gasteiger partial charge is 0.481 e. The van der Waals surface area contributed by atoms with Gasteiger partial charge in [-0.2, -0.15) is 0 Å². The number of carbonyl (C=O) groups is 1. The molecule has 1 aliphatic rings. The van der Waals surface area contributed by atoms with Crippen LogP contribution in [-0.4, -0.2) is 17.1 Å². The van der Waals surface area contributed by atoms with Gasteiger partial charge in [0, 0.05) is 11.6 Å². The molecule has 4 rings (SSSR count). The number of nitrogens with two attached hydrogens (primary N) is 1. The molecule has 1 aliphatic carbocycles. The minimum Gasteiger partial charge on any atom is -0.481 e. The van der Waals surface area contributed by atoms with Crippen molar-refractivity contribution in [1.82, 2.24) is 0 Å². The van der Waals surface area contributed by atoms with Crippen LogP contribution in [0.15, 0.2) is 73.3 Å². The van der Waals surface area contributed by atoms with Gasteiger partial charge in [0.2, 0.25) is 0 Å². The van der Waals surface area contributed by atoms with Crippen molar-refractivity contribution in [2.75, 3.05) is 0 Å². The second-order valence-corrected chi connectivity index (χ2v) is 7.31. The molecule has 0 radical (unpaired) electrons. The number of ether oxygens (including phenoxy) is 1. The Morgan fingerprint density at radius 3 is 2.72 bits per heavy atom. The molecule has 0 fully saturated rings. The first-order valence-electron chi connectivity index (χ1n) is 9.68. The van der Waals surface area contributed by atoms with Gasteiger partial charge in [0.1, 0.15) is 11.5 Å². The van der Waals surface area contributed by atoms with Crippen LogP contribution >= 0.6 is 0 Å². The van der Waals surface area contributed by atoms with Crippen LogP contribution in [-0.2, 0) is 11.2 Å². The Bertz CT molecular complexity index is 1070. The molecule has 29 heavy (non-hydrogen) atoms. The lowest BCUT2D eigenvalue weighted by molar-refractivity contribution is -0.139. The molecule has 0 saturated heterocycles. The topological polar surface area (TPSA) is 72.5 Å². The summed E-state index contributed by atoms with van der Waals surface area (Å²) in [4.78, 5) is 11.8. The maximum absolute atomic E-state index is 11.8. The fourth-order valence-electron chi connectivity index (χ4n) is 3.94. The molecule has 0 aromatic heterocycles. The van der Waals surface area contributed by atoms with Crippen molar-refractivity contribution in [3.8, 4) is 22.6 Å². The van der Waals surface area contributed by atoms with Gasteiger partial charge in [-0.05, 0) is 59.4 Å². The normalized spacial score (nSPS) is 18.0. The van der Waals surface area contributed by atoms with Crippen molar-refractivity contribution in [3.05, 3.63) is 90.0 Å². The van der Waals surface area contributed by atoms with Crippen molar-refractivity contribution >= 4 is 12.0 Å². The maximum atomic E-state index is 11.8. The summed E-state index contributed by atoms with van der Waals surface area (Å²) >= 11 is 0. The predicted molar refractivity (Wildman–Crippen MR) is 115 cm³/mol. The molecule has 3 aromatic rings. The van der Waals surface area contributed by atoms with Gasteiger partial charge in [-0.3, -0.25) is 4.79 Å². The van der Waals surface area contributed by atoms with Gasteiger partial charge in [0.15, 0.2) is 0 Å². The molecule has 0 amide bonds. The Hall–Kier alpha value is -3.37. The van der Waals surface area contributed by atoms with Crippen LogP contribution in [0.4, 0.5) is 0 Å². The zero-order valence-electron chi connectivity index (χ0n) is 16.0. The highest BCUT2D eigenvalue weighted by Crippen LogP contribution is 2.37. The van der Waals surface area contributed by atoms with Gasteiger partial charge in [0.05, 0.1) is 5.92 Å². The molecule has 0 heterocycles. The first kappa shape index (κ1) is 19.0. The lowest BCUT2D eigenvalue weighted by Crippen LogP contribution is -2.37. The third kappa shape index (κ3) is 3.80. The lowest BCUT2D eigenvalue weighted by Gasteiger charge is -2.28. The zero-order valence-corrected chi connectivity index (χ0v) is 16.0. The van der Waals surface area contributed by atoms with Crippen LogP contribution in [0.1, 0.15) is 29.0 Å². The number of aliphatic carboxylic acids is 1. The van der Waals surface area contributed by atoms with Crippen LogP contribution < -0.4 is 10.5 Å². The smallest absolute Gasteiger partial charge is 0.312 e. The summed E-state index contributed by atoms with van der Waals surface area (Å²) in [7, 11) is 0. The van der Waals surface area contributed by atoms with Crippen LogP contribution in [0.5, 0.6) is 11.5 Å². The molecular weight excluding hydrogens is 362 g/mol. The maximum Gasteiger partial charge on any atom is 0.312 e. The van der Waals surface area contributed by atoms with E-state index in [0.29, 0.717) is 17.9 Å². The van der Waals surface area contributed by atoms with E-state index < -0.39 is 11.9 Å². The van der Waals surface area contributed by atoms with E-state index in [2.05, 4.69) is 12.6 Å². The lowest BCUT2D eigenvalue weighted by atomic mass is 9.79. The number of fused-ring (bicyclic) bond motifs is 1. The average Bonchev–Trinajstić information content (AvgIpc) is 2.73. The number of hydrogen-bond donors (Lipinski definition) is 2. The molecule has 0 aliphatic heterocycles. The molecule has 3 N–H and O–H groups in total. The van der Waals surface area contributed by atoms with E-state index in [-0.39, 0.29) is 6.04 Å². The molecule has 4 heteroatoms. The Morgan fingerprint density at radius 2 is 1.93 bits per heavy atom. The standard InChI is InChI=1S/C25H23NO3/c1-2-16-6-5-7-18(14-16)20-8-3-4-9-23(20)29-19-12-10-17-11-13-22(26)24(25(27)28)21(17)15-19/h2-10,12,14-15,22,24H,1,11,13,26H2,(H,27,28). The molecule has 2 unspecified atom stereocenters. The van der Waals surface area contributed by atoms with E-state index in [1.54, 1.807) is 0 Å². The van der Waals surface area contributed by atoms with Crippen molar-refractivity contribution in [3.63, 3.8) is 0 Å². The molecule has 0 saturated carbocycles. The number of benzene rings is 3. The van der Waals surface area contributed by atoms with E-state index in [9.17, 15) is 9.90 Å². The van der Waals surface area contributed by atoms with E-state index >= 15 is 0 Å². The molecule has 3 aromatic carbocycles. The summed E-state index contributed by atoms with van der Waals surface area (Å²) in [6, 6.07) is 21.2. The second-order valence-electron chi connectivity index (χ2n) is 7.31. The van der Waals surface area contributed by atoms with Crippen molar-refractivity contribution in [2.24, 2.45) is 5.73 Å². The summed E-state index contributed by atoms with van der Waals surface area (Å²) in [6.07, 6.45) is 3.27. The number of rotatable bonds is 5. The van der Waals surface area contributed by atoms with Crippen molar-refractivity contribution in [2.45, 2.75) is 24.8 Å². The Balaban J connectivity index is 1.71. The second kappa shape index (κ2) is 7.94. The van der Waals surface area contributed by atoms with Crippen LogP contribution in [0, 0.1) is 0 Å². The van der Waals surface area contributed by atoms with Crippen LogP contribution in [0.25, 0.3) is 17.2 Å². The van der Waals surface area contributed by atoms with E-state index in [1.807, 2.05) is 66.7 Å². The Kier molecular flexibility index (Phi) is 5.19. The van der Waals surface area contributed by atoms with Gasteiger partial charge >= 0.3 is 5.97 Å². The van der Waals surface area contributed by atoms with Crippen molar-refractivity contribution in [1.29, 1.82) is 0 Å². The highest BCUT2D eigenvalue weighted by Gasteiger charge is 2.33. The summed E-state index contributed by atoms with van der Waals surface area (Å²) in [5.41, 5.74) is 10.9. The molecule has 0 spiro atoms. The summed E-state index contributed by atoms with van der Waals surface area (Å²) in [6.45, 7) is 3.83. The third-order valence-corrected chi connectivity index (χ3v) is 5.44. The number of carboxylic acid groups (broad SMARTS) is 1. The molecule has 0 bridgehead atoms. The highest BCUT2D eigenvalue weighted by atomic mass is 16.5. The average molecular weight is 385 g/mol. The van der Waals surface area contributed by atoms with E-state index in [0.717, 1.165) is 34.2 Å². The van der Waals surface area contributed by atoms with Crippen LogP contribution in [0.2, 0.25) is 0 Å². The minimum atomic E-state index is -0.891. The number of hydrogen-bond acceptors (Lipinski definition) is 3. The fraction of sp³-hybridized carbons (Fsp3) is 0.160. The molecule has 4 nitrogen and oxygen atoms in total. The van der Waals surface area contributed by atoms with Gasteiger partial charge in [0.25, 0.3) is 0 Å². The van der Waals surface area contributed by atoms with E-state index in [1.165, 1.54) is 0 Å². The van der Waals surface area contributed by atoms with Crippen LogP contribution in [0.3, 0.4) is 0 Å². The predicted octanol–water partition coefficient (Wildman–Crippen LogP) is 5.23. The number of carboxylic acids is 1. The van der Waals surface area contributed by atoms with Gasteiger partial charge in [-0.1, -0.05) is 55.1 Å². The van der Waals surface area contributed by atoms with Gasteiger partial charge in [-0.15, -0.1) is 0 Å². The Morgan fingerprint density at radius 1 is 1.10 bits per heavy atom. The first-order chi connectivity index (χ1) is 14.1. The van der Waals surface area contributed by atoms with E-state index in [4.69, 9.17) is 10.5 Å². The zero-order chi connectivity index (χ0) is 20.4. The third-order valence-electron chi connectivity index (χ3n) is 5.44. The molecule has 2 atom stereocenters. The quantitative estimate of drug-likeness (QED) is 0.631. The number of aryl methyl sites for hydroxylation is 1. The van der Waals surface area contributed by atoms with Gasteiger partial charge in [-0.25, -0.2) is 0 Å². The first-order valence-corrected chi connectivity index (χ1v) is 9.68. The fourth-order valence-corrected chi connectivity index (χ4v) is 3.94. The Labute approximate surface area is 170 Å². The monoisotopic (exact) mass is 385 g/mol. The van der Waals surface area contributed by atoms with Gasteiger partial charge < -0.3 is 15.6 Å². The minimum absolute atomic E-state index is 0.385. The number of para-hydroxylation sites is 1. The molecule has 146 valence electrons. The highest BCUT2D eigenvalue weighted by molar-refractivity contribution is 5.78. The summed E-state index contributed by atoms with van der Waals surface area (Å²) in [5.74, 6) is -0.281. The summed E-state index contributed by atoms with van der Waals surface area (Å²) < 4.78 is 6.21. The van der Waals surface area contributed by atoms with Crippen molar-refractivity contribution < 1.29 is 14.6 Å².